The first-order chi connectivity index (χ1) is 7.53. The summed E-state index contributed by atoms with van der Waals surface area (Å²) in [7, 11) is 0. The predicted octanol–water partition coefficient (Wildman–Crippen LogP) is 0.915. The van der Waals surface area contributed by atoms with E-state index in [0.717, 1.165) is 0 Å². The Bertz CT molecular complexity index is 418. The summed E-state index contributed by atoms with van der Waals surface area (Å²) >= 11 is 0. The number of fused-ring (bicyclic) bond motifs is 3. The number of carbonyl (C=O) groups is 2. The normalized spacial score (nSPS) is 39.7. The van der Waals surface area contributed by atoms with Crippen molar-refractivity contribution in [2.75, 3.05) is 0 Å². The lowest BCUT2D eigenvalue weighted by Crippen LogP contribution is -2.43. The standard InChI is InChI=1S/C12H12O4/c1-11-5-4-9(14)10(15-11)12(16-11)6-2-8(13)3-7-12/h2-3,6-7,10H,4-5H2,1H3/t10-,11-/m0/s1. The molecule has 0 amide bonds. The molecule has 2 aliphatic heterocycles. The fourth-order valence-corrected chi connectivity index (χ4v) is 2.48. The minimum atomic E-state index is -0.865. The SMILES string of the molecule is C[C@]12CCC(=O)[C@H](O1)C1(C=CC(=O)C=C1)O2. The number of rotatable bonds is 0. The first-order valence-corrected chi connectivity index (χ1v) is 5.36. The Kier molecular flexibility index (Phi) is 1.80. The maximum absolute atomic E-state index is 11.8. The van der Waals surface area contributed by atoms with E-state index in [4.69, 9.17) is 9.47 Å². The Morgan fingerprint density at radius 3 is 2.69 bits per heavy atom. The van der Waals surface area contributed by atoms with E-state index in [9.17, 15) is 9.59 Å². The molecular formula is C12H12O4. The van der Waals surface area contributed by atoms with Crippen LogP contribution in [0, 0.1) is 0 Å². The van der Waals surface area contributed by atoms with E-state index in [2.05, 4.69) is 0 Å². The average molecular weight is 220 g/mol. The molecule has 3 aliphatic rings. The zero-order valence-electron chi connectivity index (χ0n) is 8.93. The van der Waals surface area contributed by atoms with E-state index in [-0.39, 0.29) is 11.6 Å². The highest BCUT2D eigenvalue weighted by molar-refractivity contribution is 6.01. The van der Waals surface area contributed by atoms with Crippen LogP contribution in [0.4, 0.5) is 0 Å². The second-order valence-corrected chi connectivity index (χ2v) is 4.62. The third-order valence-corrected chi connectivity index (χ3v) is 3.30. The Morgan fingerprint density at radius 1 is 1.31 bits per heavy atom. The molecule has 4 heteroatoms. The number of ketones is 2. The molecule has 2 saturated heterocycles. The number of hydrogen-bond acceptors (Lipinski definition) is 4. The number of allylic oxidation sites excluding steroid dienone is 2. The summed E-state index contributed by atoms with van der Waals surface area (Å²) in [6, 6.07) is 0. The highest BCUT2D eigenvalue weighted by atomic mass is 16.8. The van der Waals surface area contributed by atoms with Crippen LogP contribution in [-0.2, 0) is 19.1 Å². The van der Waals surface area contributed by atoms with Gasteiger partial charge in [-0.3, -0.25) is 9.59 Å². The number of carbonyl (C=O) groups excluding carboxylic acids is 2. The first-order valence-electron chi connectivity index (χ1n) is 5.36. The van der Waals surface area contributed by atoms with Gasteiger partial charge in [-0.1, -0.05) is 0 Å². The summed E-state index contributed by atoms with van der Waals surface area (Å²) in [6.07, 6.45) is 6.56. The van der Waals surface area contributed by atoms with Crippen LogP contribution >= 0.6 is 0 Å². The van der Waals surface area contributed by atoms with Gasteiger partial charge < -0.3 is 9.47 Å². The molecule has 2 atom stereocenters. The molecule has 0 aromatic rings. The molecule has 0 aromatic heterocycles. The molecule has 0 radical (unpaired) electrons. The zero-order chi connectivity index (χ0) is 11.4. The van der Waals surface area contributed by atoms with Gasteiger partial charge in [-0.2, -0.15) is 0 Å². The quantitative estimate of drug-likeness (QED) is 0.609. The lowest BCUT2D eigenvalue weighted by molar-refractivity contribution is -0.185. The number of ether oxygens (including phenoxy) is 2. The predicted molar refractivity (Wildman–Crippen MR) is 54.6 cm³/mol. The van der Waals surface area contributed by atoms with Crippen molar-refractivity contribution in [3.63, 3.8) is 0 Å². The number of Topliss-reactive ketones (excluding diaryl/α,β-unsaturated/α-hetero) is 1. The monoisotopic (exact) mass is 220 g/mol. The summed E-state index contributed by atoms with van der Waals surface area (Å²) < 4.78 is 11.5. The fraction of sp³-hybridized carbons (Fsp3) is 0.500. The van der Waals surface area contributed by atoms with Gasteiger partial charge in [0.05, 0.1) is 0 Å². The van der Waals surface area contributed by atoms with Crippen molar-refractivity contribution in [3.05, 3.63) is 24.3 Å². The van der Waals surface area contributed by atoms with Gasteiger partial charge in [-0.15, -0.1) is 0 Å². The van der Waals surface area contributed by atoms with Gasteiger partial charge >= 0.3 is 0 Å². The van der Waals surface area contributed by atoms with Gasteiger partial charge in [0.15, 0.2) is 23.5 Å². The molecule has 0 N–H and O–H groups in total. The second kappa shape index (κ2) is 2.90. The van der Waals surface area contributed by atoms with Gasteiger partial charge in [0.25, 0.3) is 0 Å². The third-order valence-electron chi connectivity index (χ3n) is 3.30. The Labute approximate surface area is 92.9 Å². The van der Waals surface area contributed by atoms with Gasteiger partial charge in [-0.05, 0) is 31.2 Å². The topological polar surface area (TPSA) is 52.6 Å². The van der Waals surface area contributed by atoms with E-state index >= 15 is 0 Å². The van der Waals surface area contributed by atoms with E-state index in [1.165, 1.54) is 12.2 Å². The lowest BCUT2D eigenvalue weighted by Gasteiger charge is -2.26. The van der Waals surface area contributed by atoms with Crippen molar-refractivity contribution >= 4 is 11.6 Å². The van der Waals surface area contributed by atoms with Crippen molar-refractivity contribution in [1.82, 2.24) is 0 Å². The van der Waals surface area contributed by atoms with Crippen molar-refractivity contribution < 1.29 is 19.1 Å². The molecule has 84 valence electrons. The summed E-state index contributed by atoms with van der Waals surface area (Å²) in [6.45, 7) is 1.83. The van der Waals surface area contributed by atoms with Crippen LogP contribution in [0.5, 0.6) is 0 Å². The molecule has 0 unspecified atom stereocenters. The van der Waals surface area contributed by atoms with Gasteiger partial charge in [0.1, 0.15) is 5.60 Å². The van der Waals surface area contributed by atoms with E-state index in [1.54, 1.807) is 12.2 Å². The summed E-state index contributed by atoms with van der Waals surface area (Å²) in [5.74, 6) is -0.750. The minimum absolute atomic E-state index is 0.0404. The Morgan fingerprint density at radius 2 is 2.00 bits per heavy atom. The third kappa shape index (κ3) is 1.23. The highest BCUT2D eigenvalue weighted by Gasteiger charge is 2.58. The van der Waals surface area contributed by atoms with Crippen LogP contribution in [-0.4, -0.2) is 29.1 Å². The lowest BCUT2D eigenvalue weighted by atomic mass is 9.88. The molecule has 4 nitrogen and oxygen atoms in total. The van der Waals surface area contributed by atoms with E-state index < -0.39 is 17.5 Å². The van der Waals surface area contributed by atoms with Crippen LogP contribution < -0.4 is 0 Å². The molecule has 16 heavy (non-hydrogen) atoms. The Hall–Kier alpha value is -1.26. The second-order valence-electron chi connectivity index (χ2n) is 4.62. The summed E-state index contributed by atoms with van der Waals surface area (Å²) in [5, 5.41) is 0. The maximum atomic E-state index is 11.8. The maximum Gasteiger partial charge on any atom is 0.178 e. The van der Waals surface area contributed by atoms with Gasteiger partial charge in [-0.25, -0.2) is 0 Å². The molecule has 2 fully saturated rings. The molecule has 2 heterocycles. The molecule has 2 bridgehead atoms. The molecular weight excluding hydrogens is 208 g/mol. The van der Waals surface area contributed by atoms with Crippen molar-refractivity contribution in [3.8, 4) is 0 Å². The number of hydrogen-bond donors (Lipinski definition) is 0. The van der Waals surface area contributed by atoms with Crippen LogP contribution in [0.1, 0.15) is 19.8 Å². The van der Waals surface area contributed by atoms with Gasteiger partial charge in [0, 0.05) is 12.8 Å². The van der Waals surface area contributed by atoms with Crippen LogP contribution in [0.15, 0.2) is 24.3 Å². The summed E-state index contributed by atoms with van der Waals surface area (Å²) in [5.41, 5.74) is -0.865. The Balaban J connectivity index is 2.03. The molecule has 3 rings (SSSR count). The van der Waals surface area contributed by atoms with Crippen molar-refractivity contribution in [2.24, 2.45) is 0 Å². The molecule has 1 spiro atoms. The smallest absolute Gasteiger partial charge is 0.178 e. The van der Waals surface area contributed by atoms with E-state index in [0.29, 0.717) is 12.8 Å². The molecule has 0 aromatic carbocycles. The fourth-order valence-electron chi connectivity index (χ4n) is 2.48. The average Bonchev–Trinajstić information content (AvgIpc) is 2.49. The minimum Gasteiger partial charge on any atom is -0.335 e. The molecule has 1 aliphatic carbocycles. The van der Waals surface area contributed by atoms with Crippen molar-refractivity contribution in [1.29, 1.82) is 0 Å². The van der Waals surface area contributed by atoms with Gasteiger partial charge in [0.2, 0.25) is 0 Å². The first kappa shape index (κ1) is 9.93. The van der Waals surface area contributed by atoms with E-state index in [1.807, 2.05) is 6.92 Å². The van der Waals surface area contributed by atoms with Crippen LogP contribution in [0.3, 0.4) is 0 Å². The van der Waals surface area contributed by atoms with Crippen LogP contribution in [0.25, 0.3) is 0 Å². The highest BCUT2D eigenvalue weighted by Crippen LogP contribution is 2.46. The largest absolute Gasteiger partial charge is 0.335 e. The molecule has 0 saturated carbocycles. The van der Waals surface area contributed by atoms with Crippen LogP contribution in [0.2, 0.25) is 0 Å². The summed E-state index contributed by atoms with van der Waals surface area (Å²) in [4.78, 5) is 22.9. The zero-order valence-corrected chi connectivity index (χ0v) is 8.93. The van der Waals surface area contributed by atoms with Crippen molar-refractivity contribution in [2.45, 2.75) is 37.3 Å².